The van der Waals surface area contributed by atoms with E-state index in [-0.39, 0.29) is 25.0 Å². The Morgan fingerprint density at radius 1 is 1.27 bits per heavy atom. The normalized spacial score (nSPS) is 15.6. The zero-order valence-electron chi connectivity index (χ0n) is 13.3. The number of aryl methyl sites for hydroxylation is 1. The van der Waals surface area contributed by atoms with Gasteiger partial charge in [0.05, 0.1) is 0 Å². The number of hydrogen-bond acceptors (Lipinski definition) is 3. The van der Waals surface area contributed by atoms with E-state index in [1.807, 2.05) is 36.1 Å². The molecule has 0 spiro atoms. The number of benzene rings is 1. The van der Waals surface area contributed by atoms with Gasteiger partial charge in [0.25, 0.3) is 0 Å². The van der Waals surface area contributed by atoms with Crippen LogP contribution in [0.15, 0.2) is 24.3 Å². The van der Waals surface area contributed by atoms with Crippen LogP contribution in [0.5, 0.6) is 0 Å². The van der Waals surface area contributed by atoms with Crippen LogP contribution in [0.25, 0.3) is 0 Å². The Kier molecular flexibility index (Phi) is 5.95. The second-order valence-electron chi connectivity index (χ2n) is 5.97. The number of ether oxygens (including phenoxy) is 1. The summed E-state index contributed by atoms with van der Waals surface area (Å²) in [5.41, 5.74) is 1.82. The van der Waals surface area contributed by atoms with Gasteiger partial charge in [-0.15, -0.1) is 0 Å². The summed E-state index contributed by atoms with van der Waals surface area (Å²) in [5, 5.41) is 2.75. The van der Waals surface area contributed by atoms with Crippen LogP contribution in [-0.2, 0) is 14.3 Å². The Labute approximate surface area is 131 Å². The van der Waals surface area contributed by atoms with Crippen molar-refractivity contribution < 1.29 is 14.3 Å². The molecule has 1 aromatic carbocycles. The van der Waals surface area contributed by atoms with Crippen LogP contribution in [0.3, 0.4) is 0 Å². The number of amides is 2. The molecule has 0 atom stereocenters. The fraction of sp³-hybridized carbons (Fsp3) is 0.529. The van der Waals surface area contributed by atoms with Crippen molar-refractivity contribution >= 4 is 17.5 Å². The van der Waals surface area contributed by atoms with Crippen LogP contribution in [0.1, 0.15) is 25.3 Å². The maximum absolute atomic E-state index is 12.0. The number of nitrogens with one attached hydrogen (secondary N) is 1. The molecule has 2 rings (SSSR count). The lowest BCUT2D eigenvalue weighted by Gasteiger charge is -2.30. The monoisotopic (exact) mass is 304 g/mol. The highest BCUT2D eigenvalue weighted by Crippen LogP contribution is 2.15. The van der Waals surface area contributed by atoms with E-state index in [2.05, 4.69) is 12.2 Å². The van der Waals surface area contributed by atoms with Gasteiger partial charge in [0.1, 0.15) is 13.2 Å². The molecule has 1 aliphatic heterocycles. The minimum Gasteiger partial charge on any atom is -0.362 e. The largest absolute Gasteiger partial charge is 0.362 e. The summed E-state index contributed by atoms with van der Waals surface area (Å²) in [5.74, 6) is 0.408. The van der Waals surface area contributed by atoms with Crippen LogP contribution < -0.4 is 5.32 Å². The lowest BCUT2D eigenvalue weighted by molar-refractivity contribution is -0.138. The first-order chi connectivity index (χ1) is 10.5. The third-order valence-corrected chi connectivity index (χ3v) is 3.90. The van der Waals surface area contributed by atoms with Gasteiger partial charge in [-0.3, -0.25) is 9.59 Å². The molecule has 1 N–H and O–H groups in total. The van der Waals surface area contributed by atoms with Gasteiger partial charge < -0.3 is 15.0 Å². The standard InChI is InChI=1S/C17H24N2O3/c1-13-6-8-19(9-7-13)17(21)12-22-11-16(20)18-15-5-3-4-14(2)10-15/h3-5,10,13H,6-9,11-12H2,1-2H3,(H,18,20). The number of carbonyl (C=O) groups is 2. The average molecular weight is 304 g/mol. The molecule has 1 aliphatic rings. The smallest absolute Gasteiger partial charge is 0.250 e. The molecule has 0 radical (unpaired) electrons. The number of anilines is 1. The highest BCUT2D eigenvalue weighted by Gasteiger charge is 2.20. The number of piperidine rings is 1. The molecule has 0 bridgehead atoms. The van der Waals surface area contributed by atoms with E-state index in [1.54, 1.807) is 0 Å². The van der Waals surface area contributed by atoms with Gasteiger partial charge in [0, 0.05) is 18.8 Å². The van der Waals surface area contributed by atoms with E-state index in [1.165, 1.54) is 0 Å². The van der Waals surface area contributed by atoms with E-state index in [0.29, 0.717) is 5.92 Å². The molecule has 0 aliphatic carbocycles. The molecule has 5 nitrogen and oxygen atoms in total. The molecule has 2 amide bonds. The van der Waals surface area contributed by atoms with Gasteiger partial charge in [-0.2, -0.15) is 0 Å². The summed E-state index contributed by atoms with van der Waals surface area (Å²) < 4.78 is 5.24. The second-order valence-corrected chi connectivity index (χ2v) is 5.97. The lowest BCUT2D eigenvalue weighted by atomic mass is 9.99. The minimum absolute atomic E-state index is 0.0321. The van der Waals surface area contributed by atoms with Crippen LogP contribution in [0.4, 0.5) is 5.69 Å². The van der Waals surface area contributed by atoms with Crippen LogP contribution >= 0.6 is 0 Å². The van der Waals surface area contributed by atoms with E-state index < -0.39 is 0 Å². The maximum atomic E-state index is 12.0. The molecular formula is C17H24N2O3. The summed E-state index contributed by atoms with van der Waals surface area (Å²) in [4.78, 5) is 25.5. The summed E-state index contributed by atoms with van der Waals surface area (Å²) in [6, 6.07) is 7.56. The highest BCUT2D eigenvalue weighted by atomic mass is 16.5. The van der Waals surface area contributed by atoms with Crippen molar-refractivity contribution in [1.29, 1.82) is 0 Å². The molecule has 1 saturated heterocycles. The summed E-state index contributed by atoms with van der Waals surface area (Å²) >= 11 is 0. The van der Waals surface area contributed by atoms with Crippen LogP contribution in [0, 0.1) is 12.8 Å². The molecule has 0 aromatic heterocycles. The highest BCUT2D eigenvalue weighted by molar-refractivity contribution is 5.92. The van der Waals surface area contributed by atoms with Gasteiger partial charge in [-0.1, -0.05) is 19.1 Å². The number of rotatable bonds is 5. The first-order valence-electron chi connectivity index (χ1n) is 7.76. The zero-order chi connectivity index (χ0) is 15.9. The first-order valence-corrected chi connectivity index (χ1v) is 7.76. The van der Waals surface area contributed by atoms with Crippen molar-refractivity contribution in [3.8, 4) is 0 Å². The summed E-state index contributed by atoms with van der Waals surface area (Å²) in [6.45, 7) is 5.61. The van der Waals surface area contributed by atoms with Gasteiger partial charge >= 0.3 is 0 Å². The number of carbonyl (C=O) groups excluding carboxylic acids is 2. The molecule has 0 unspecified atom stereocenters. The van der Waals surface area contributed by atoms with Crippen molar-refractivity contribution in [3.05, 3.63) is 29.8 Å². The Morgan fingerprint density at radius 3 is 2.68 bits per heavy atom. The molecule has 0 saturated carbocycles. The van der Waals surface area contributed by atoms with Crippen LogP contribution in [0.2, 0.25) is 0 Å². The van der Waals surface area contributed by atoms with E-state index in [4.69, 9.17) is 4.74 Å². The number of hydrogen-bond donors (Lipinski definition) is 1. The van der Waals surface area contributed by atoms with E-state index >= 15 is 0 Å². The van der Waals surface area contributed by atoms with Crippen molar-refractivity contribution in [2.75, 3.05) is 31.6 Å². The lowest BCUT2D eigenvalue weighted by Crippen LogP contribution is -2.40. The molecule has 1 fully saturated rings. The Morgan fingerprint density at radius 2 is 2.00 bits per heavy atom. The zero-order valence-corrected chi connectivity index (χ0v) is 13.3. The Hall–Kier alpha value is -1.88. The average Bonchev–Trinajstić information content (AvgIpc) is 2.47. The SMILES string of the molecule is Cc1cccc(NC(=O)COCC(=O)N2CCC(C)CC2)c1. The van der Waals surface area contributed by atoms with E-state index in [9.17, 15) is 9.59 Å². The topological polar surface area (TPSA) is 58.6 Å². The Balaban J connectivity index is 1.67. The number of nitrogens with zero attached hydrogens (tertiary/aromatic N) is 1. The first kappa shape index (κ1) is 16.5. The maximum Gasteiger partial charge on any atom is 0.250 e. The fourth-order valence-electron chi connectivity index (χ4n) is 2.50. The van der Waals surface area contributed by atoms with Gasteiger partial charge in [0.15, 0.2) is 0 Å². The molecular weight excluding hydrogens is 280 g/mol. The number of likely N-dealkylation sites (tertiary alicyclic amines) is 1. The van der Waals surface area contributed by atoms with Gasteiger partial charge in [-0.05, 0) is 43.4 Å². The van der Waals surface area contributed by atoms with Crippen molar-refractivity contribution in [3.63, 3.8) is 0 Å². The van der Waals surface area contributed by atoms with Crippen molar-refractivity contribution in [2.24, 2.45) is 5.92 Å². The molecule has 1 heterocycles. The third kappa shape index (κ3) is 5.15. The third-order valence-electron chi connectivity index (χ3n) is 3.90. The molecule has 5 heteroatoms. The van der Waals surface area contributed by atoms with Crippen molar-refractivity contribution in [1.82, 2.24) is 4.90 Å². The van der Waals surface area contributed by atoms with Crippen LogP contribution in [-0.4, -0.2) is 43.0 Å². The Bertz CT molecular complexity index is 522. The van der Waals surface area contributed by atoms with E-state index in [0.717, 1.165) is 37.2 Å². The second kappa shape index (κ2) is 7.94. The van der Waals surface area contributed by atoms with Gasteiger partial charge in [0.2, 0.25) is 11.8 Å². The predicted molar refractivity (Wildman–Crippen MR) is 85.6 cm³/mol. The molecule has 120 valence electrons. The summed E-state index contributed by atoms with van der Waals surface area (Å²) in [7, 11) is 0. The quantitative estimate of drug-likeness (QED) is 0.907. The van der Waals surface area contributed by atoms with Crippen molar-refractivity contribution in [2.45, 2.75) is 26.7 Å². The van der Waals surface area contributed by atoms with Gasteiger partial charge in [-0.25, -0.2) is 0 Å². The minimum atomic E-state index is -0.245. The fourth-order valence-corrected chi connectivity index (χ4v) is 2.50. The molecule has 1 aromatic rings. The summed E-state index contributed by atoms with van der Waals surface area (Å²) in [6.07, 6.45) is 2.08. The predicted octanol–water partition coefficient (Wildman–Crippen LogP) is 2.21. The molecule has 22 heavy (non-hydrogen) atoms.